The summed E-state index contributed by atoms with van der Waals surface area (Å²) in [6, 6.07) is 16.8. The molecule has 0 heterocycles. The van der Waals surface area contributed by atoms with Crippen molar-refractivity contribution in [2.24, 2.45) is 0 Å². The smallest absolute Gasteiger partial charge is 0.313 e. The molecule has 2 amide bonds. The summed E-state index contributed by atoms with van der Waals surface area (Å²) in [4.78, 5) is 24.4. The fourth-order valence-electron chi connectivity index (χ4n) is 2.51. The van der Waals surface area contributed by atoms with Gasteiger partial charge in [-0.2, -0.15) is 0 Å². The highest BCUT2D eigenvalue weighted by Gasteiger charge is 2.22. The van der Waals surface area contributed by atoms with Crippen LogP contribution in [0.3, 0.4) is 0 Å². The molecule has 0 fully saturated rings. The van der Waals surface area contributed by atoms with E-state index in [0.717, 1.165) is 11.1 Å². The predicted octanol–water partition coefficient (Wildman–Crippen LogP) is 3.80. The highest BCUT2D eigenvalue weighted by molar-refractivity contribution is 6.39. The SMILES string of the molecule is CC(NC(=O)C(=O)Nc1ccccc1C(C)(C)C)c1ccccc1. The number of carbonyl (C=O) groups excluding carboxylic acids is 2. The maximum Gasteiger partial charge on any atom is 0.313 e. The standard InChI is InChI=1S/C20H24N2O2/c1-14(15-10-6-5-7-11-15)21-18(23)19(24)22-17-13-9-8-12-16(17)20(2,3)4/h5-14H,1-4H3,(H,21,23)(H,22,24). The molecule has 24 heavy (non-hydrogen) atoms. The van der Waals surface area contributed by atoms with Gasteiger partial charge in [-0.05, 0) is 29.5 Å². The molecular weight excluding hydrogens is 300 g/mol. The number of hydrogen-bond donors (Lipinski definition) is 2. The lowest BCUT2D eigenvalue weighted by atomic mass is 9.86. The number of rotatable bonds is 3. The first-order valence-electron chi connectivity index (χ1n) is 8.05. The second-order valence-corrected chi connectivity index (χ2v) is 6.86. The maximum absolute atomic E-state index is 12.2. The Morgan fingerprint density at radius 2 is 1.46 bits per heavy atom. The molecule has 2 rings (SSSR count). The molecule has 0 spiro atoms. The summed E-state index contributed by atoms with van der Waals surface area (Å²) in [5.74, 6) is -1.30. The third-order valence-electron chi connectivity index (χ3n) is 3.84. The predicted molar refractivity (Wildman–Crippen MR) is 96.8 cm³/mol. The molecule has 2 aromatic rings. The van der Waals surface area contributed by atoms with Gasteiger partial charge in [0.25, 0.3) is 0 Å². The van der Waals surface area contributed by atoms with E-state index in [1.165, 1.54) is 0 Å². The van der Waals surface area contributed by atoms with E-state index in [-0.39, 0.29) is 11.5 Å². The topological polar surface area (TPSA) is 58.2 Å². The first kappa shape index (κ1) is 17.7. The quantitative estimate of drug-likeness (QED) is 0.844. The van der Waals surface area contributed by atoms with Crippen LogP contribution in [-0.2, 0) is 15.0 Å². The van der Waals surface area contributed by atoms with Crippen LogP contribution in [0, 0.1) is 0 Å². The molecule has 0 bridgehead atoms. The molecule has 2 N–H and O–H groups in total. The Balaban J connectivity index is 2.07. The summed E-state index contributed by atoms with van der Waals surface area (Å²) in [5.41, 5.74) is 2.48. The van der Waals surface area contributed by atoms with Gasteiger partial charge in [0.15, 0.2) is 0 Å². The molecular formula is C20H24N2O2. The minimum atomic E-state index is -0.658. The number of carbonyl (C=O) groups is 2. The van der Waals surface area contributed by atoms with Crippen LogP contribution in [-0.4, -0.2) is 11.8 Å². The van der Waals surface area contributed by atoms with Crippen molar-refractivity contribution in [2.45, 2.75) is 39.2 Å². The average molecular weight is 324 g/mol. The average Bonchev–Trinajstić information content (AvgIpc) is 2.55. The summed E-state index contributed by atoms with van der Waals surface area (Å²) in [7, 11) is 0. The molecule has 0 aliphatic heterocycles. The largest absolute Gasteiger partial charge is 0.341 e. The molecule has 0 saturated carbocycles. The van der Waals surface area contributed by atoms with Crippen LogP contribution < -0.4 is 10.6 Å². The minimum absolute atomic E-state index is 0.127. The van der Waals surface area contributed by atoms with Gasteiger partial charge in [-0.15, -0.1) is 0 Å². The highest BCUT2D eigenvalue weighted by Crippen LogP contribution is 2.29. The molecule has 0 aliphatic rings. The van der Waals surface area contributed by atoms with Gasteiger partial charge in [0.05, 0.1) is 6.04 Å². The summed E-state index contributed by atoms with van der Waals surface area (Å²) >= 11 is 0. The molecule has 0 saturated heterocycles. The first-order chi connectivity index (χ1) is 11.3. The second kappa shape index (κ2) is 7.30. The van der Waals surface area contributed by atoms with Gasteiger partial charge in [-0.3, -0.25) is 9.59 Å². The van der Waals surface area contributed by atoms with E-state index in [0.29, 0.717) is 5.69 Å². The van der Waals surface area contributed by atoms with Crippen LogP contribution in [0.25, 0.3) is 0 Å². The number of anilines is 1. The van der Waals surface area contributed by atoms with Crippen LogP contribution in [0.15, 0.2) is 54.6 Å². The van der Waals surface area contributed by atoms with E-state index >= 15 is 0 Å². The number of hydrogen-bond acceptors (Lipinski definition) is 2. The summed E-state index contributed by atoms with van der Waals surface area (Å²) in [5, 5.41) is 5.45. The molecule has 0 radical (unpaired) electrons. The Morgan fingerprint density at radius 3 is 2.08 bits per heavy atom. The zero-order valence-electron chi connectivity index (χ0n) is 14.6. The Morgan fingerprint density at radius 1 is 0.875 bits per heavy atom. The highest BCUT2D eigenvalue weighted by atomic mass is 16.2. The molecule has 0 aliphatic carbocycles. The van der Waals surface area contributed by atoms with Crippen molar-refractivity contribution < 1.29 is 9.59 Å². The summed E-state index contributed by atoms with van der Waals surface area (Å²) in [6.07, 6.45) is 0. The fourth-order valence-corrected chi connectivity index (χ4v) is 2.51. The lowest BCUT2D eigenvalue weighted by Crippen LogP contribution is -2.37. The van der Waals surface area contributed by atoms with Gasteiger partial charge in [-0.25, -0.2) is 0 Å². The fraction of sp³-hybridized carbons (Fsp3) is 0.300. The van der Waals surface area contributed by atoms with Gasteiger partial charge in [0, 0.05) is 5.69 Å². The van der Waals surface area contributed by atoms with E-state index in [9.17, 15) is 9.59 Å². The monoisotopic (exact) mass is 324 g/mol. The van der Waals surface area contributed by atoms with Crippen molar-refractivity contribution in [3.8, 4) is 0 Å². The van der Waals surface area contributed by atoms with E-state index in [1.807, 2.05) is 61.5 Å². The minimum Gasteiger partial charge on any atom is -0.341 e. The van der Waals surface area contributed by atoms with Crippen LogP contribution >= 0.6 is 0 Å². The van der Waals surface area contributed by atoms with Crippen LogP contribution in [0.1, 0.15) is 44.9 Å². The number of nitrogens with one attached hydrogen (secondary N) is 2. The van der Waals surface area contributed by atoms with Gasteiger partial charge in [0.2, 0.25) is 0 Å². The lowest BCUT2D eigenvalue weighted by Gasteiger charge is -2.23. The van der Waals surface area contributed by atoms with Gasteiger partial charge in [-0.1, -0.05) is 69.3 Å². The number of para-hydroxylation sites is 1. The Kier molecular flexibility index (Phi) is 5.39. The molecule has 126 valence electrons. The normalized spacial score (nSPS) is 12.3. The Labute approximate surface area is 143 Å². The van der Waals surface area contributed by atoms with Crippen LogP contribution in [0.5, 0.6) is 0 Å². The van der Waals surface area contributed by atoms with E-state index in [2.05, 4.69) is 31.4 Å². The molecule has 1 atom stereocenters. The van der Waals surface area contributed by atoms with Crippen molar-refractivity contribution in [1.29, 1.82) is 0 Å². The second-order valence-electron chi connectivity index (χ2n) is 6.86. The third kappa shape index (κ3) is 4.44. The number of benzene rings is 2. The molecule has 4 heteroatoms. The Bertz CT molecular complexity index is 718. The zero-order valence-corrected chi connectivity index (χ0v) is 14.6. The lowest BCUT2D eigenvalue weighted by molar-refractivity contribution is -0.136. The van der Waals surface area contributed by atoms with E-state index in [4.69, 9.17) is 0 Å². The summed E-state index contributed by atoms with van der Waals surface area (Å²) in [6.45, 7) is 8.05. The molecule has 1 unspecified atom stereocenters. The van der Waals surface area contributed by atoms with E-state index in [1.54, 1.807) is 0 Å². The maximum atomic E-state index is 12.2. The van der Waals surface area contributed by atoms with Crippen molar-refractivity contribution >= 4 is 17.5 Å². The number of amides is 2. The van der Waals surface area contributed by atoms with Crippen LogP contribution in [0.4, 0.5) is 5.69 Å². The third-order valence-corrected chi connectivity index (χ3v) is 3.84. The molecule has 4 nitrogen and oxygen atoms in total. The molecule has 2 aromatic carbocycles. The molecule has 0 aromatic heterocycles. The van der Waals surface area contributed by atoms with Crippen molar-refractivity contribution in [3.05, 3.63) is 65.7 Å². The van der Waals surface area contributed by atoms with Crippen LogP contribution in [0.2, 0.25) is 0 Å². The van der Waals surface area contributed by atoms with Crippen molar-refractivity contribution in [3.63, 3.8) is 0 Å². The Hall–Kier alpha value is -2.62. The summed E-state index contributed by atoms with van der Waals surface area (Å²) < 4.78 is 0. The van der Waals surface area contributed by atoms with Gasteiger partial charge >= 0.3 is 11.8 Å². The zero-order chi connectivity index (χ0) is 17.7. The van der Waals surface area contributed by atoms with Crippen molar-refractivity contribution in [1.82, 2.24) is 5.32 Å². The van der Waals surface area contributed by atoms with Gasteiger partial charge < -0.3 is 10.6 Å². The van der Waals surface area contributed by atoms with E-state index < -0.39 is 11.8 Å². The van der Waals surface area contributed by atoms with Crippen molar-refractivity contribution in [2.75, 3.05) is 5.32 Å². The first-order valence-corrected chi connectivity index (χ1v) is 8.05. The van der Waals surface area contributed by atoms with Gasteiger partial charge in [0.1, 0.15) is 0 Å².